The third kappa shape index (κ3) is 3.60. The lowest BCUT2D eigenvalue weighted by molar-refractivity contribution is -0.134. The van der Waals surface area contributed by atoms with E-state index in [9.17, 15) is 9.18 Å². The van der Waals surface area contributed by atoms with Crippen LogP contribution in [0.2, 0.25) is 0 Å². The van der Waals surface area contributed by atoms with Crippen molar-refractivity contribution in [3.05, 3.63) is 53.6 Å². The summed E-state index contributed by atoms with van der Waals surface area (Å²) in [6.07, 6.45) is 7.76. The molecule has 4 nitrogen and oxygen atoms in total. The first-order valence-electron chi connectivity index (χ1n) is 9.12. The number of aryl methyl sites for hydroxylation is 1. The Labute approximate surface area is 147 Å². The van der Waals surface area contributed by atoms with Gasteiger partial charge < -0.3 is 4.90 Å². The molecule has 5 heteroatoms. The first kappa shape index (κ1) is 16.3. The number of hydrogen-bond acceptors (Lipinski definition) is 2. The fourth-order valence-corrected chi connectivity index (χ4v) is 4.06. The summed E-state index contributed by atoms with van der Waals surface area (Å²) in [5, 5.41) is 4.21. The van der Waals surface area contributed by atoms with Gasteiger partial charge in [-0.2, -0.15) is 5.10 Å². The van der Waals surface area contributed by atoms with Gasteiger partial charge in [-0.05, 0) is 60.8 Å². The molecule has 1 aliphatic heterocycles. The minimum absolute atomic E-state index is 0.143. The molecule has 1 aliphatic carbocycles. The Morgan fingerprint density at radius 3 is 2.80 bits per heavy atom. The fourth-order valence-electron chi connectivity index (χ4n) is 4.06. The largest absolute Gasteiger partial charge is 0.342 e. The number of piperidine rings is 1. The zero-order valence-electron chi connectivity index (χ0n) is 14.6. The quantitative estimate of drug-likeness (QED) is 0.857. The number of hydrogen-bond donors (Lipinski definition) is 0. The van der Waals surface area contributed by atoms with Crippen molar-refractivity contribution < 1.29 is 9.18 Å². The van der Waals surface area contributed by atoms with Crippen molar-refractivity contribution in [3.8, 4) is 0 Å². The molecule has 1 aromatic carbocycles. The van der Waals surface area contributed by atoms with E-state index in [1.165, 1.54) is 11.6 Å². The number of rotatable bonds is 4. The van der Waals surface area contributed by atoms with E-state index in [4.69, 9.17) is 0 Å². The Bertz CT molecular complexity index is 764. The second-order valence-electron chi connectivity index (χ2n) is 7.50. The second kappa shape index (κ2) is 6.62. The highest BCUT2D eigenvalue weighted by Gasteiger charge is 2.46. The van der Waals surface area contributed by atoms with E-state index in [1.54, 1.807) is 16.8 Å². The first-order chi connectivity index (χ1) is 12.1. The molecule has 0 spiro atoms. The average molecular weight is 341 g/mol. The zero-order valence-corrected chi connectivity index (χ0v) is 14.6. The molecule has 25 heavy (non-hydrogen) atoms. The highest BCUT2D eigenvalue weighted by atomic mass is 19.1. The number of carbonyl (C=O) groups is 1. The monoisotopic (exact) mass is 341 g/mol. The van der Waals surface area contributed by atoms with E-state index in [2.05, 4.69) is 5.10 Å². The molecule has 0 unspecified atom stereocenters. The van der Waals surface area contributed by atoms with Crippen LogP contribution in [-0.4, -0.2) is 33.7 Å². The fraction of sp³-hybridized carbons (Fsp3) is 0.500. The highest BCUT2D eigenvalue weighted by molar-refractivity contribution is 5.83. The van der Waals surface area contributed by atoms with Crippen LogP contribution in [0.1, 0.15) is 36.3 Å². The van der Waals surface area contributed by atoms with E-state index in [0.29, 0.717) is 17.7 Å². The summed E-state index contributed by atoms with van der Waals surface area (Å²) >= 11 is 0. The Morgan fingerprint density at radius 1 is 1.32 bits per heavy atom. The highest BCUT2D eigenvalue weighted by Crippen LogP contribution is 2.48. The van der Waals surface area contributed by atoms with Crippen LogP contribution in [0.15, 0.2) is 36.7 Å². The molecule has 1 saturated heterocycles. The predicted molar refractivity (Wildman–Crippen MR) is 93.5 cm³/mol. The van der Waals surface area contributed by atoms with Gasteiger partial charge in [0.25, 0.3) is 0 Å². The summed E-state index contributed by atoms with van der Waals surface area (Å²) in [5.74, 6) is 1.17. The number of carbonyl (C=O) groups excluding carboxylic acids is 1. The smallest absolute Gasteiger partial charge is 0.226 e. The predicted octanol–water partition coefficient (Wildman–Crippen LogP) is 3.14. The van der Waals surface area contributed by atoms with Crippen LogP contribution in [0.25, 0.3) is 0 Å². The molecule has 2 atom stereocenters. The molecule has 1 aromatic heterocycles. The molecule has 0 N–H and O–H groups in total. The lowest BCUT2D eigenvalue weighted by atomic mass is 9.90. The Hall–Kier alpha value is -2.17. The second-order valence-corrected chi connectivity index (χ2v) is 7.50. The van der Waals surface area contributed by atoms with Gasteiger partial charge in [0.05, 0.1) is 6.20 Å². The van der Waals surface area contributed by atoms with Crippen LogP contribution in [0, 0.1) is 17.7 Å². The number of nitrogens with zero attached hydrogens (tertiary/aromatic N) is 3. The van der Waals surface area contributed by atoms with Gasteiger partial charge >= 0.3 is 0 Å². The van der Waals surface area contributed by atoms with Crippen LogP contribution in [0.5, 0.6) is 0 Å². The summed E-state index contributed by atoms with van der Waals surface area (Å²) in [6, 6.07) is 6.87. The van der Waals surface area contributed by atoms with Gasteiger partial charge in [-0.3, -0.25) is 9.48 Å². The van der Waals surface area contributed by atoms with Gasteiger partial charge in [-0.1, -0.05) is 12.1 Å². The van der Waals surface area contributed by atoms with E-state index >= 15 is 0 Å². The molecule has 132 valence electrons. The van der Waals surface area contributed by atoms with Crippen molar-refractivity contribution >= 4 is 5.91 Å². The van der Waals surface area contributed by atoms with Crippen LogP contribution >= 0.6 is 0 Å². The maximum atomic E-state index is 13.3. The molecule has 2 aromatic rings. The summed E-state index contributed by atoms with van der Waals surface area (Å²) in [5.41, 5.74) is 2.24. The summed E-state index contributed by atoms with van der Waals surface area (Å²) in [4.78, 5) is 14.7. The minimum Gasteiger partial charge on any atom is -0.342 e. The third-order valence-electron chi connectivity index (χ3n) is 5.60. The van der Waals surface area contributed by atoms with Crippen molar-refractivity contribution in [2.24, 2.45) is 18.9 Å². The standard InChI is InChI=1S/C20H24FN3O/c1-23-13-16(12-22-23)18-11-19(18)20(25)24-7-5-14(6-8-24)9-15-3-2-4-17(21)10-15/h2-4,10,12-14,18-19H,5-9,11H2,1H3/t18-,19+/m1/s1. The molecule has 0 radical (unpaired) electrons. The van der Waals surface area contributed by atoms with E-state index in [0.717, 1.165) is 44.3 Å². The van der Waals surface area contributed by atoms with Gasteiger partial charge in [-0.25, -0.2) is 4.39 Å². The van der Waals surface area contributed by atoms with E-state index in [1.807, 2.05) is 30.4 Å². The number of halogens is 1. The van der Waals surface area contributed by atoms with E-state index < -0.39 is 0 Å². The van der Waals surface area contributed by atoms with Crippen molar-refractivity contribution in [1.82, 2.24) is 14.7 Å². The van der Waals surface area contributed by atoms with Crippen LogP contribution < -0.4 is 0 Å². The number of amides is 1. The van der Waals surface area contributed by atoms with Crippen molar-refractivity contribution in [3.63, 3.8) is 0 Å². The minimum atomic E-state index is -0.166. The van der Waals surface area contributed by atoms with Gasteiger partial charge in [-0.15, -0.1) is 0 Å². The molecule has 2 aliphatic rings. The van der Waals surface area contributed by atoms with Gasteiger partial charge in [0.1, 0.15) is 5.82 Å². The summed E-state index contributed by atoms with van der Waals surface area (Å²) in [7, 11) is 1.91. The number of aromatic nitrogens is 2. The van der Waals surface area contributed by atoms with Crippen LogP contribution in [0.3, 0.4) is 0 Å². The lowest BCUT2D eigenvalue weighted by Crippen LogP contribution is -2.40. The molecule has 0 bridgehead atoms. The van der Waals surface area contributed by atoms with Gasteiger partial charge in [0, 0.05) is 32.3 Å². The molecule has 1 saturated carbocycles. The Kier molecular flexibility index (Phi) is 4.32. The van der Waals surface area contributed by atoms with Gasteiger partial charge in [0.15, 0.2) is 0 Å². The molecular formula is C20H24FN3O. The normalized spacial score (nSPS) is 23.7. The van der Waals surface area contributed by atoms with E-state index in [-0.39, 0.29) is 11.7 Å². The molecule has 2 heterocycles. The maximum absolute atomic E-state index is 13.3. The molecular weight excluding hydrogens is 317 g/mol. The first-order valence-corrected chi connectivity index (χ1v) is 9.12. The van der Waals surface area contributed by atoms with Crippen molar-refractivity contribution in [2.75, 3.05) is 13.1 Å². The average Bonchev–Trinajstić information content (AvgIpc) is 3.29. The van der Waals surface area contributed by atoms with Gasteiger partial charge in [0.2, 0.25) is 5.91 Å². The molecule has 4 rings (SSSR count). The van der Waals surface area contributed by atoms with Crippen LogP contribution in [0.4, 0.5) is 4.39 Å². The Morgan fingerprint density at radius 2 is 2.12 bits per heavy atom. The zero-order chi connectivity index (χ0) is 17.4. The third-order valence-corrected chi connectivity index (χ3v) is 5.60. The summed E-state index contributed by atoms with van der Waals surface area (Å²) in [6.45, 7) is 1.66. The summed E-state index contributed by atoms with van der Waals surface area (Å²) < 4.78 is 15.1. The SMILES string of the molecule is Cn1cc([C@H]2C[C@@H]2C(=O)N2CCC(Cc3cccc(F)c3)CC2)cn1. The topological polar surface area (TPSA) is 38.1 Å². The van der Waals surface area contributed by atoms with Crippen molar-refractivity contribution in [1.29, 1.82) is 0 Å². The molecule has 2 fully saturated rings. The number of likely N-dealkylation sites (tertiary alicyclic amines) is 1. The lowest BCUT2D eigenvalue weighted by Gasteiger charge is -2.32. The Balaban J connectivity index is 1.28. The maximum Gasteiger partial charge on any atom is 0.226 e. The van der Waals surface area contributed by atoms with Crippen molar-refractivity contribution in [2.45, 2.75) is 31.6 Å². The van der Waals surface area contributed by atoms with Crippen LogP contribution in [-0.2, 0) is 18.3 Å². The molecule has 1 amide bonds. The number of benzene rings is 1.